The Morgan fingerprint density at radius 3 is 2.39 bits per heavy atom. The van der Waals surface area contributed by atoms with Gasteiger partial charge in [-0.05, 0) is 36.9 Å². The third-order valence-electron chi connectivity index (χ3n) is 4.87. The van der Waals surface area contributed by atoms with E-state index in [-0.39, 0.29) is 24.0 Å². The van der Waals surface area contributed by atoms with Gasteiger partial charge in [-0.2, -0.15) is 0 Å². The van der Waals surface area contributed by atoms with Crippen LogP contribution < -0.4 is 25.3 Å². The summed E-state index contributed by atoms with van der Waals surface area (Å²) in [5.41, 5.74) is 8.08. The molecular formula is C23H35IN4O3. The van der Waals surface area contributed by atoms with E-state index in [1.54, 1.807) is 14.2 Å². The lowest BCUT2D eigenvalue weighted by molar-refractivity contribution is 0.221. The van der Waals surface area contributed by atoms with Crippen molar-refractivity contribution in [2.24, 2.45) is 10.7 Å². The number of ether oxygens (including phenoxy) is 3. The summed E-state index contributed by atoms with van der Waals surface area (Å²) in [6, 6.07) is 13.7. The number of likely N-dealkylation sites (N-methyl/N-ethyl adjacent to an activating group) is 1. The maximum atomic E-state index is 6.06. The number of hydrogen-bond acceptors (Lipinski definition) is 5. The molecule has 0 amide bonds. The van der Waals surface area contributed by atoms with Crippen molar-refractivity contribution in [3.63, 3.8) is 0 Å². The topological polar surface area (TPSA) is 81.3 Å². The van der Waals surface area contributed by atoms with Crippen LogP contribution in [0.1, 0.15) is 25.0 Å². The van der Waals surface area contributed by atoms with Gasteiger partial charge in [0.1, 0.15) is 12.4 Å². The van der Waals surface area contributed by atoms with Gasteiger partial charge >= 0.3 is 0 Å². The van der Waals surface area contributed by atoms with Gasteiger partial charge < -0.3 is 30.2 Å². The van der Waals surface area contributed by atoms with Gasteiger partial charge in [-0.15, -0.1) is 24.0 Å². The quantitative estimate of drug-likeness (QED) is 0.242. The molecule has 2 aromatic rings. The Hall–Kier alpha value is -2.20. The summed E-state index contributed by atoms with van der Waals surface area (Å²) in [6.45, 7) is 8.92. The molecule has 0 aromatic heterocycles. The monoisotopic (exact) mass is 542 g/mol. The summed E-state index contributed by atoms with van der Waals surface area (Å²) in [6.07, 6.45) is 0. The summed E-state index contributed by atoms with van der Waals surface area (Å²) in [5.74, 6) is 2.61. The molecule has 7 nitrogen and oxygen atoms in total. The van der Waals surface area contributed by atoms with Gasteiger partial charge in [0.25, 0.3) is 0 Å². The van der Waals surface area contributed by atoms with Gasteiger partial charge in [-0.1, -0.05) is 38.1 Å². The number of nitrogens with one attached hydrogen (secondary N) is 1. The molecule has 0 radical (unpaired) electrons. The standard InChI is InChI=1S/C23H34N4O3.HI/c1-5-27(6-2)13-14-30-20-10-8-7-9-19(20)17-26-23(24)25-16-18-11-12-21(28-3)22(15-18)29-4;/h7-12,15H,5-6,13-14,16-17H2,1-4H3,(H3,24,25,26);1H. The minimum atomic E-state index is 0. The fourth-order valence-electron chi connectivity index (χ4n) is 3.01. The Bertz CT molecular complexity index is 813. The van der Waals surface area contributed by atoms with Crippen LogP contribution in [0.5, 0.6) is 17.2 Å². The van der Waals surface area contributed by atoms with E-state index in [0.717, 1.165) is 36.5 Å². The van der Waals surface area contributed by atoms with E-state index in [0.29, 0.717) is 37.2 Å². The van der Waals surface area contributed by atoms with Crippen molar-refractivity contribution in [1.29, 1.82) is 0 Å². The first-order valence-corrected chi connectivity index (χ1v) is 10.3. The number of aliphatic imine (C=N–C) groups is 1. The van der Waals surface area contributed by atoms with Crippen LogP contribution >= 0.6 is 24.0 Å². The van der Waals surface area contributed by atoms with Crippen molar-refractivity contribution in [2.75, 3.05) is 40.5 Å². The summed E-state index contributed by atoms with van der Waals surface area (Å²) in [7, 11) is 3.23. The second-order valence-corrected chi connectivity index (χ2v) is 6.73. The first kappa shape index (κ1) is 26.8. The zero-order valence-corrected chi connectivity index (χ0v) is 21.2. The molecule has 0 spiro atoms. The first-order valence-electron chi connectivity index (χ1n) is 10.3. The number of guanidine groups is 1. The maximum absolute atomic E-state index is 6.06. The molecule has 0 unspecified atom stereocenters. The van der Waals surface area contributed by atoms with Crippen molar-refractivity contribution >= 4 is 29.9 Å². The molecular weight excluding hydrogens is 507 g/mol. The summed E-state index contributed by atoms with van der Waals surface area (Å²) in [5, 5.41) is 3.16. The number of nitrogens with zero attached hydrogens (tertiary/aromatic N) is 2. The molecule has 3 N–H and O–H groups in total. The molecule has 2 aromatic carbocycles. The van der Waals surface area contributed by atoms with Crippen LogP contribution in [0.25, 0.3) is 0 Å². The molecule has 31 heavy (non-hydrogen) atoms. The minimum absolute atomic E-state index is 0. The van der Waals surface area contributed by atoms with Crippen molar-refractivity contribution in [2.45, 2.75) is 26.9 Å². The van der Waals surface area contributed by atoms with E-state index >= 15 is 0 Å². The van der Waals surface area contributed by atoms with Gasteiger partial charge in [0.05, 0.1) is 20.8 Å². The molecule has 0 heterocycles. The molecule has 2 rings (SSSR count). The lowest BCUT2D eigenvalue weighted by atomic mass is 10.2. The number of para-hydroxylation sites is 1. The normalized spacial score (nSPS) is 11.1. The van der Waals surface area contributed by atoms with Crippen LogP contribution in [0.15, 0.2) is 47.5 Å². The predicted octanol–water partition coefficient (Wildman–Crippen LogP) is 3.65. The second-order valence-electron chi connectivity index (χ2n) is 6.73. The number of methoxy groups -OCH3 is 2. The predicted molar refractivity (Wildman–Crippen MR) is 137 cm³/mol. The average molecular weight is 542 g/mol. The van der Waals surface area contributed by atoms with Crippen molar-refractivity contribution in [3.8, 4) is 17.2 Å². The Kier molecular flexibility index (Phi) is 12.8. The SMILES string of the molecule is CCN(CC)CCOc1ccccc1CNC(N)=NCc1ccc(OC)c(OC)c1.I. The van der Waals surface area contributed by atoms with Gasteiger partial charge in [-0.3, -0.25) is 0 Å². The van der Waals surface area contributed by atoms with E-state index in [1.807, 2.05) is 42.5 Å². The summed E-state index contributed by atoms with van der Waals surface area (Å²) in [4.78, 5) is 6.75. The summed E-state index contributed by atoms with van der Waals surface area (Å²) < 4.78 is 16.6. The summed E-state index contributed by atoms with van der Waals surface area (Å²) >= 11 is 0. The fourth-order valence-corrected chi connectivity index (χ4v) is 3.01. The Morgan fingerprint density at radius 2 is 1.71 bits per heavy atom. The smallest absolute Gasteiger partial charge is 0.189 e. The van der Waals surface area contributed by atoms with Gasteiger partial charge in [-0.25, -0.2) is 4.99 Å². The highest BCUT2D eigenvalue weighted by Crippen LogP contribution is 2.27. The molecule has 0 aliphatic heterocycles. The number of nitrogens with two attached hydrogens (primary N) is 1. The largest absolute Gasteiger partial charge is 0.493 e. The van der Waals surface area contributed by atoms with E-state index in [9.17, 15) is 0 Å². The minimum Gasteiger partial charge on any atom is -0.493 e. The number of benzene rings is 2. The van der Waals surface area contributed by atoms with E-state index in [1.165, 1.54) is 0 Å². The fraction of sp³-hybridized carbons (Fsp3) is 0.435. The number of rotatable bonds is 12. The molecule has 0 aliphatic rings. The third kappa shape index (κ3) is 8.82. The Labute approximate surface area is 203 Å². The van der Waals surface area contributed by atoms with Crippen LogP contribution in [-0.4, -0.2) is 51.3 Å². The average Bonchev–Trinajstić information content (AvgIpc) is 2.79. The van der Waals surface area contributed by atoms with Crippen molar-refractivity contribution in [1.82, 2.24) is 10.2 Å². The number of halogens is 1. The zero-order valence-electron chi connectivity index (χ0n) is 18.9. The first-order chi connectivity index (χ1) is 14.6. The lowest BCUT2D eigenvalue weighted by Gasteiger charge is -2.19. The maximum Gasteiger partial charge on any atom is 0.189 e. The van der Waals surface area contributed by atoms with Crippen LogP contribution in [-0.2, 0) is 13.1 Å². The molecule has 0 aliphatic carbocycles. The molecule has 0 saturated carbocycles. The van der Waals surface area contributed by atoms with Gasteiger partial charge in [0, 0.05) is 18.7 Å². The van der Waals surface area contributed by atoms with E-state index in [2.05, 4.69) is 29.1 Å². The second kappa shape index (κ2) is 14.7. The highest BCUT2D eigenvalue weighted by atomic mass is 127. The number of hydrogen-bond donors (Lipinski definition) is 2. The highest BCUT2D eigenvalue weighted by Gasteiger charge is 2.06. The van der Waals surface area contributed by atoms with Crippen LogP contribution in [0.2, 0.25) is 0 Å². The third-order valence-corrected chi connectivity index (χ3v) is 4.87. The van der Waals surface area contributed by atoms with Crippen LogP contribution in [0.4, 0.5) is 0 Å². The van der Waals surface area contributed by atoms with Crippen LogP contribution in [0, 0.1) is 0 Å². The molecule has 0 bridgehead atoms. The highest BCUT2D eigenvalue weighted by molar-refractivity contribution is 14.0. The molecule has 172 valence electrons. The lowest BCUT2D eigenvalue weighted by Crippen LogP contribution is -2.31. The van der Waals surface area contributed by atoms with E-state index < -0.39 is 0 Å². The Balaban J connectivity index is 0.00000480. The molecule has 0 saturated heterocycles. The van der Waals surface area contributed by atoms with Gasteiger partial charge in [0.15, 0.2) is 17.5 Å². The zero-order chi connectivity index (χ0) is 21.8. The molecule has 0 atom stereocenters. The van der Waals surface area contributed by atoms with Crippen molar-refractivity contribution in [3.05, 3.63) is 53.6 Å². The Morgan fingerprint density at radius 1 is 1.00 bits per heavy atom. The van der Waals surface area contributed by atoms with Crippen LogP contribution in [0.3, 0.4) is 0 Å². The molecule has 8 heteroatoms. The van der Waals surface area contributed by atoms with Crippen molar-refractivity contribution < 1.29 is 14.2 Å². The van der Waals surface area contributed by atoms with Gasteiger partial charge in [0.2, 0.25) is 0 Å². The molecule has 0 fully saturated rings. The van der Waals surface area contributed by atoms with E-state index in [4.69, 9.17) is 19.9 Å².